The van der Waals surface area contributed by atoms with E-state index in [9.17, 15) is 32.3 Å². The van der Waals surface area contributed by atoms with E-state index in [2.05, 4.69) is 9.97 Å². The summed E-state index contributed by atoms with van der Waals surface area (Å²) in [6, 6.07) is 4.11. The fourth-order valence-electron chi connectivity index (χ4n) is 7.27. The molecule has 0 amide bonds. The van der Waals surface area contributed by atoms with Gasteiger partial charge in [0.1, 0.15) is 41.0 Å². The number of β-amino-alcohol motifs (C(OH)–C–C–N with tert-alkyl or cyclic N) is 1. The van der Waals surface area contributed by atoms with Crippen molar-refractivity contribution in [1.29, 1.82) is 5.26 Å². The summed E-state index contributed by atoms with van der Waals surface area (Å²) in [5.74, 6) is -2.27. The predicted octanol–water partition coefficient (Wildman–Crippen LogP) is 6.18. The molecular weight excluding hydrogens is 634 g/mol. The Balaban J connectivity index is 1.46. The second kappa shape index (κ2) is 10.6. The van der Waals surface area contributed by atoms with Gasteiger partial charge in [-0.15, -0.1) is 11.3 Å². The molecule has 5 heterocycles. The third-order valence-electron chi connectivity index (χ3n) is 9.38. The molecule has 242 valence electrons. The number of rotatable bonds is 5. The zero-order valence-electron chi connectivity index (χ0n) is 24.5. The summed E-state index contributed by atoms with van der Waals surface area (Å²) in [6.45, 7) is 2.74. The summed E-state index contributed by atoms with van der Waals surface area (Å²) in [5, 5.41) is 19.8. The summed E-state index contributed by atoms with van der Waals surface area (Å²) < 4.78 is 96.2. The van der Waals surface area contributed by atoms with Gasteiger partial charge in [0, 0.05) is 42.4 Å². The minimum atomic E-state index is -5.10. The molecule has 8 nitrogen and oxygen atoms in total. The van der Waals surface area contributed by atoms with Crippen molar-refractivity contribution < 1.29 is 36.2 Å². The number of alkyl halides is 4. The highest BCUT2D eigenvalue weighted by molar-refractivity contribution is 7.23. The lowest BCUT2D eigenvalue weighted by Gasteiger charge is -2.31. The molecule has 3 aliphatic heterocycles. The summed E-state index contributed by atoms with van der Waals surface area (Å²) in [7, 11) is 0. The Morgan fingerprint density at radius 2 is 2.00 bits per heavy atom. The van der Waals surface area contributed by atoms with Crippen LogP contribution in [-0.2, 0) is 6.18 Å². The maximum Gasteiger partial charge on any atom is 0.417 e. The van der Waals surface area contributed by atoms with Gasteiger partial charge in [-0.3, -0.25) is 4.90 Å². The van der Waals surface area contributed by atoms with Crippen LogP contribution in [0.5, 0.6) is 6.01 Å². The van der Waals surface area contributed by atoms with Crippen molar-refractivity contribution in [2.45, 2.75) is 56.1 Å². The van der Waals surface area contributed by atoms with Gasteiger partial charge >= 0.3 is 12.2 Å². The quantitative estimate of drug-likeness (QED) is 0.244. The van der Waals surface area contributed by atoms with Crippen molar-refractivity contribution in [1.82, 2.24) is 14.9 Å². The highest BCUT2D eigenvalue weighted by Gasteiger charge is 2.49. The fraction of sp³-hybridized carbons (Fsp3) is 0.452. The minimum Gasteiger partial charge on any atom is -0.461 e. The molecule has 0 radical (unpaired) electrons. The van der Waals surface area contributed by atoms with E-state index in [1.807, 2.05) is 4.90 Å². The summed E-state index contributed by atoms with van der Waals surface area (Å²) in [4.78, 5) is 12.2. The maximum atomic E-state index is 16.8. The van der Waals surface area contributed by atoms with Crippen molar-refractivity contribution in [3.8, 4) is 23.2 Å². The Hall–Kier alpha value is -3.87. The number of nitriles is 1. The molecule has 0 aliphatic carbocycles. The van der Waals surface area contributed by atoms with Gasteiger partial charge in [0.05, 0.1) is 27.0 Å². The monoisotopic (exact) mass is 662 g/mol. The Morgan fingerprint density at radius 3 is 2.70 bits per heavy atom. The normalized spacial score (nSPS) is 25.1. The van der Waals surface area contributed by atoms with E-state index in [0.717, 1.165) is 24.6 Å². The van der Waals surface area contributed by atoms with Gasteiger partial charge in [0.2, 0.25) is 0 Å². The first-order chi connectivity index (χ1) is 21.7. The van der Waals surface area contributed by atoms with Crippen LogP contribution >= 0.6 is 11.3 Å². The van der Waals surface area contributed by atoms with Crippen molar-refractivity contribution in [2.75, 3.05) is 43.4 Å². The zero-order valence-corrected chi connectivity index (χ0v) is 25.3. The van der Waals surface area contributed by atoms with Crippen LogP contribution in [-0.4, -0.2) is 70.1 Å². The Labute approximate surface area is 263 Å². The number of anilines is 2. The van der Waals surface area contributed by atoms with E-state index < -0.39 is 51.8 Å². The first-order valence-corrected chi connectivity index (χ1v) is 15.5. The molecule has 0 bridgehead atoms. The van der Waals surface area contributed by atoms with E-state index in [1.165, 1.54) is 0 Å². The topological polar surface area (TPSA) is 112 Å². The third kappa shape index (κ3) is 4.89. The molecule has 0 spiro atoms. The number of aliphatic hydroxyl groups is 1. The van der Waals surface area contributed by atoms with Gasteiger partial charge < -0.3 is 20.5 Å². The lowest BCUT2D eigenvalue weighted by atomic mass is 9.92. The number of nitrogens with two attached hydrogens (primary N) is 1. The first kappa shape index (κ1) is 30.8. The van der Waals surface area contributed by atoms with Gasteiger partial charge in [-0.25, -0.2) is 13.2 Å². The standard InChI is InChI=1S/C31H28F6N6O2S/c1-29(44)6-8-42(13-29)27-17-9-19(31(35,36)37)22(16-3-4-20(33)25-21(16)18(11-38)26(39)46-25)23(34)24(17)40-28(41-27)45-14-30-5-2-7-43(30)12-15(32)10-30/h3-4,9,15,44H,2,5-8,10,12-14,39H2,1H3. The summed E-state index contributed by atoms with van der Waals surface area (Å²) in [5.41, 5.74) is 0.676. The van der Waals surface area contributed by atoms with Crippen LogP contribution in [0, 0.1) is 23.0 Å². The molecule has 15 heteroatoms. The maximum absolute atomic E-state index is 16.8. The van der Waals surface area contributed by atoms with E-state index >= 15 is 4.39 Å². The van der Waals surface area contributed by atoms with Crippen LogP contribution in [0.25, 0.3) is 32.1 Å². The molecule has 46 heavy (non-hydrogen) atoms. The van der Waals surface area contributed by atoms with Crippen molar-refractivity contribution in [3.63, 3.8) is 0 Å². The van der Waals surface area contributed by atoms with Gasteiger partial charge in [-0.05, 0) is 50.4 Å². The molecule has 7 rings (SSSR count). The number of thiophene rings is 1. The Morgan fingerprint density at radius 1 is 1.22 bits per heavy atom. The molecule has 3 atom stereocenters. The van der Waals surface area contributed by atoms with Crippen molar-refractivity contribution in [2.24, 2.45) is 0 Å². The fourth-order valence-corrected chi connectivity index (χ4v) is 8.21. The van der Waals surface area contributed by atoms with Crippen molar-refractivity contribution >= 4 is 43.1 Å². The Bertz CT molecular complexity index is 1940. The molecule has 2 aromatic heterocycles. The molecule has 3 N–H and O–H groups in total. The summed E-state index contributed by atoms with van der Waals surface area (Å²) in [6.07, 6.45) is -4.12. The van der Waals surface area contributed by atoms with E-state index in [-0.39, 0.29) is 82.5 Å². The molecule has 3 saturated heterocycles. The highest BCUT2D eigenvalue weighted by atomic mass is 32.1. The van der Waals surface area contributed by atoms with E-state index in [4.69, 9.17) is 10.5 Å². The van der Waals surface area contributed by atoms with E-state index in [0.29, 0.717) is 24.3 Å². The van der Waals surface area contributed by atoms with Gasteiger partial charge in [-0.1, -0.05) is 6.07 Å². The number of halogens is 6. The zero-order chi connectivity index (χ0) is 32.8. The van der Waals surface area contributed by atoms with Crippen LogP contribution in [0.15, 0.2) is 18.2 Å². The minimum absolute atomic E-state index is 0.00279. The Kier molecular flexibility index (Phi) is 7.08. The number of ether oxygens (including phenoxy) is 1. The highest BCUT2D eigenvalue weighted by Crippen LogP contribution is 2.48. The van der Waals surface area contributed by atoms with Crippen LogP contribution in [0.2, 0.25) is 0 Å². The third-order valence-corrected chi connectivity index (χ3v) is 10.4. The van der Waals surface area contributed by atoms with E-state index in [1.54, 1.807) is 17.9 Å². The average Bonchev–Trinajstić information content (AvgIpc) is 3.72. The molecule has 3 fully saturated rings. The number of hydrogen-bond acceptors (Lipinski definition) is 9. The molecule has 2 aromatic carbocycles. The van der Waals surface area contributed by atoms with Crippen LogP contribution in [0.3, 0.4) is 0 Å². The molecule has 3 aliphatic rings. The van der Waals surface area contributed by atoms with Gasteiger partial charge in [0.15, 0.2) is 5.82 Å². The average molecular weight is 663 g/mol. The predicted molar refractivity (Wildman–Crippen MR) is 160 cm³/mol. The number of nitrogen functional groups attached to an aromatic ring is 1. The second-order valence-electron chi connectivity index (χ2n) is 12.6. The van der Waals surface area contributed by atoms with Gasteiger partial charge in [-0.2, -0.15) is 28.4 Å². The van der Waals surface area contributed by atoms with Crippen LogP contribution in [0.4, 0.5) is 37.2 Å². The number of nitrogens with zero attached hydrogens (tertiary/aromatic N) is 5. The van der Waals surface area contributed by atoms with Gasteiger partial charge in [0.25, 0.3) is 0 Å². The largest absolute Gasteiger partial charge is 0.461 e. The smallest absolute Gasteiger partial charge is 0.417 e. The number of aromatic nitrogens is 2. The number of benzene rings is 2. The van der Waals surface area contributed by atoms with Crippen LogP contribution < -0.4 is 15.4 Å². The molecule has 0 saturated carbocycles. The first-order valence-electron chi connectivity index (χ1n) is 14.7. The van der Waals surface area contributed by atoms with Crippen LogP contribution in [0.1, 0.15) is 43.7 Å². The number of hydrogen-bond donors (Lipinski definition) is 2. The molecular formula is C31H28F6N6O2S. The number of fused-ring (bicyclic) bond motifs is 3. The lowest BCUT2D eigenvalue weighted by molar-refractivity contribution is -0.137. The summed E-state index contributed by atoms with van der Waals surface area (Å²) >= 11 is 0.679. The SMILES string of the molecule is CC1(O)CCN(c2nc(OCC34CCCN3CC(F)C4)nc3c(F)c(-c4ccc(F)c5sc(N)c(C#N)c45)c(C(F)(F)F)cc23)C1. The molecule has 3 unspecified atom stereocenters. The molecule has 4 aromatic rings. The van der Waals surface area contributed by atoms with Crippen molar-refractivity contribution in [3.05, 3.63) is 41.0 Å². The lowest BCUT2D eigenvalue weighted by Crippen LogP contribution is -2.43. The second-order valence-corrected chi connectivity index (χ2v) is 13.7.